The molecule has 4 heteroatoms. The van der Waals surface area contributed by atoms with Crippen LogP contribution in [0.15, 0.2) is 54.9 Å². The molecule has 0 atom stereocenters. The number of hydrogen-bond donors (Lipinski definition) is 0. The number of fused-ring (bicyclic) bond motifs is 1. The van der Waals surface area contributed by atoms with E-state index in [2.05, 4.69) is 9.97 Å². The molecule has 0 aliphatic carbocycles. The van der Waals surface area contributed by atoms with Crippen molar-refractivity contribution in [2.45, 2.75) is 6.61 Å². The molecule has 19 heavy (non-hydrogen) atoms. The van der Waals surface area contributed by atoms with Gasteiger partial charge in [0, 0.05) is 11.6 Å². The van der Waals surface area contributed by atoms with E-state index in [4.69, 9.17) is 4.74 Å². The van der Waals surface area contributed by atoms with Crippen LogP contribution in [0.4, 0.5) is 4.39 Å². The topological polar surface area (TPSA) is 35.0 Å². The lowest BCUT2D eigenvalue weighted by molar-refractivity contribution is 0.304. The number of ether oxygens (including phenoxy) is 1. The third-order valence-corrected chi connectivity index (χ3v) is 2.77. The highest BCUT2D eigenvalue weighted by Gasteiger charge is 1.99. The molecule has 0 saturated carbocycles. The molecule has 3 rings (SSSR count). The van der Waals surface area contributed by atoms with Gasteiger partial charge in [0.2, 0.25) is 5.95 Å². The van der Waals surface area contributed by atoms with Gasteiger partial charge in [-0.15, -0.1) is 0 Å². The molecular formula is C15H11FN2O. The van der Waals surface area contributed by atoms with Crippen molar-refractivity contribution in [2.75, 3.05) is 0 Å². The number of halogens is 1. The fourth-order valence-electron chi connectivity index (χ4n) is 1.83. The standard InChI is InChI=1S/C15H11FN2O/c16-15-6-4-13(9-18-15)19-10-11-3-5-14-12(8-11)2-1-7-17-14/h1-9H,10H2. The first-order valence-electron chi connectivity index (χ1n) is 5.89. The summed E-state index contributed by atoms with van der Waals surface area (Å²) in [5.41, 5.74) is 1.99. The normalized spacial score (nSPS) is 10.6. The van der Waals surface area contributed by atoms with Crippen LogP contribution >= 0.6 is 0 Å². The number of hydrogen-bond acceptors (Lipinski definition) is 3. The number of pyridine rings is 2. The lowest BCUT2D eigenvalue weighted by atomic mass is 10.1. The van der Waals surface area contributed by atoms with Crippen LogP contribution in [0.1, 0.15) is 5.56 Å². The largest absolute Gasteiger partial charge is 0.487 e. The average molecular weight is 254 g/mol. The molecule has 2 heterocycles. The van der Waals surface area contributed by atoms with E-state index < -0.39 is 5.95 Å². The Morgan fingerprint density at radius 3 is 2.84 bits per heavy atom. The van der Waals surface area contributed by atoms with Gasteiger partial charge in [0.15, 0.2) is 0 Å². The molecule has 0 aliphatic rings. The van der Waals surface area contributed by atoms with Crippen LogP contribution in [0, 0.1) is 5.95 Å². The zero-order valence-corrected chi connectivity index (χ0v) is 10.1. The summed E-state index contributed by atoms with van der Waals surface area (Å²) in [5.74, 6) is 0.0387. The summed E-state index contributed by atoms with van der Waals surface area (Å²) in [5, 5.41) is 1.07. The van der Waals surface area contributed by atoms with Gasteiger partial charge in [0.1, 0.15) is 12.4 Å². The molecule has 0 N–H and O–H groups in total. The molecular weight excluding hydrogens is 243 g/mol. The summed E-state index contributed by atoms with van der Waals surface area (Å²) >= 11 is 0. The minimum Gasteiger partial charge on any atom is -0.487 e. The van der Waals surface area contributed by atoms with Gasteiger partial charge >= 0.3 is 0 Å². The molecule has 3 nitrogen and oxygen atoms in total. The predicted octanol–water partition coefficient (Wildman–Crippen LogP) is 3.35. The summed E-state index contributed by atoms with van der Waals surface area (Å²) < 4.78 is 18.2. The van der Waals surface area contributed by atoms with Gasteiger partial charge in [-0.25, -0.2) is 4.98 Å². The highest BCUT2D eigenvalue weighted by molar-refractivity contribution is 5.78. The fourth-order valence-corrected chi connectivity index (χ4v) is 1.83. The van der Waals surface area contributed by atoms with Crippen molar-refractivity contribution >= 4 is 10.9 Å². The summed E-state index contributed by atoms with van der Waals surface area (Å²) in [4.78, 5) is 7.80. The number of rotatable bonds is 3. The molecule has 2 aromatic heterocycles. The smallest absolute Gasteiger partial charge is 0.213 e. The first kappa shape index (κ1) is 11.6. The molecule has 1 aromatic carbocycles. The van der Waals surface area contributed by atoms with Crippen molar-refractivity contribution in [1.29, 1.82) is 0 Å². The summed E-state index contributed by atoms with van der Waals surface area (Å²) in [6.07, 6.45) is 3.14. The fraction of sp³-hybridized carbons (Fsp3) is 0.0667. The van der Waals surface area contributed by atoms with Crippen LogP contribution in [-0.2, 0) is 6.61 Å². The molecule has 94 valence electrons. The quantitative estimate of drug-likeness (QED) is 0.672. The van der Waals surface area contributed by atoms with Gasteiger partial charge in [-0.1, -0.05) is 12.1 Å². The Kier molecular flexibility index (Phi) is 3.06. The molecule has 0 fully saturated rings. The molecule has 0 unspecified atom stereocenters. The average Bonchev–Trinajstić information content (AvgIpc) is 2.46. The molecule has 0 bridgehead atoms. The van der Waals surface area contributed by atoms with E-state index in [1.807, 2.05) is 30.3 Å². The van der Waals surface area contributed by atoms with Gasteiger partial charge in [0.25, 0.3) is 0 Å². The minimum absolute atomic E-state index is 0.415. The van der Waals surface area contributed by atoms with Crippen LogP contribution < -0.4 is 4.74 Å². The number of aromatic nitrogens is 2. The number of benzene rings is 1. The third kappa shape index (κ3) is 2.68. The molecule has 0 aliphatic heterocycles. The Labute approximate surface area is 109 Å². The van der Waals surface area contributed by atoms with Gasteiger partial charge in [-0.05, 0) is 35.9 Å². The maximum atomic E-state index is 12.7. The Morgan fingerprint density at radius 2 is 2.00 bits per heavy atom. The summed E-state index contributed by atoms with van der Waals surface area (Å²) in [6.45, 7) is 0.415. The van der Waals surface area contributed by atoms with Crippen molar-refractivity contribution in [3.05, 3.63) is 66.4 Å². The van der Waals surface area contributed by atoms with Gasteiger partial charge in [-0.2, -0.15) is 4.39 Å². The van der Waals surface area contributed by atoms with Crippen LogP contribution in [-0.4, -0.2) is 9.97 Å². The summed E-state index contributed by atoms with van der Waals surface area (Å²) in [6, 6.07) is 12.7. The van der Waals surface area contributed by atoms with Crippen LogP contribution in [0.2, 0.25) is 0 Å². The molecule has 0 radical (unpaired) electrons. The Morgan fingerprint density at radius 1 is 1.05 bits per heavy atom. The van der Waals surface area contributed by atoms with Gasteiger partial charge < -0.3 is 4.74 Å². The van der Waals surface area contributed by atoms with Crippen molar-refractivity contribution in [3.8, 4) is 5.75 Å². The van der Waals surface area contributed by atoms with E-state index in [1.54, 1.807) is 12.3 Å². The van der Waals surface area contributed by atoms with Crippen molar-refractivity contribution in [2.24, 2.45) is 0 Å². The van der Waals surface area contributed by atoms with E-state index in [9.17, 15) is 4.39 Å². The van der Waals surface area contributed by atoms with E-state index in [-0.39, 0.29) is 0 Å². The third-order valence-electron chi connectivity index (χ3n) is 2.77. The summed E-state index contributed by atoms with van der Waals surface area (Å²) in [7, 11) is 0. The highest BCUT2D eigenvalue weighted by Crippen LogP contribution is 2.16. The van der Waals surface area contributed by atoms with Crippen molar-refractivity contribution in [3.63, 3.8) is 0 Å². The van der Waals surface area contributed by atoms with Crippen LogP contribution in [0.5, 0.6) is 5.75 Å². The van der Waals surface area contributed by atoms with Crippen LogP contribution in [0.3, 0.4) is 0 Å². The van der Waals surface area contributed by atoms with Crippen molar-refractivity contribution < 1.29 is 9.13 Å². The molecule has 3 aromatic rings. The zero-order chi connectivity index (χ0) is 13.1. The van der Waals surface area contributed by atoms with E-state index in [1.165, 1.54) is 12.3 Å². The van der Waals surface area contributed by atoms with Gasteiger partial charge in [0.05, 0.1) is 11.7 Å². The second-order valence-corrected chi connectivity index (χ2v) is 4.14. The molecule has 0 saturated heterocycles. The van der Waals surface area contributed by atoms with Crippen molar-refractivity contribution in [1.82, 2.24) is 9.97 Å². The Bertz CT molecular complexity index is 698. The first-order chi connectivity index (χ1) is 9.31. The Balaban J connectivity index is 1.76. The maximum absolute atomic E-state index is 12.7. The second kappa shape index (κ2) is 5.02. The second-order valence-electron chi connectivity index (χ2n) is 4.14. The van der Waals surface area contributed by atoms with E-state index >= 15 is 0 Å². The highest BCUT2D eigenvalue weighted by atomic mass is 19.1. The zero-order valence-electron chi connectivity index (χ0n) is 10.1. The van der Waals surface area contributed by atoms with E-state index in [0.717, 1.165) is 16.5 Å². The van der Waals surface area contributed by atoms with E-state index in [0.29, 0.717) is 12.4 Å². The lowest BCUT2D eigenvalue weighted by Crippen LogP contribution is -1.96. The first-order valence-corrected chi connectivity index (χ1v) is 5.89. The monoisotopic (exact) mass is 254 g/mol. The SMILES string of the molecule is Fc1ccc(OCc2ccc3ncccc3c2)cn1. The lowest BCUT2D eigenvalue weighted by Gasteiger charge is -2.06. The maximum Gasteiger partial charge on any atom is 0.213 e. The molecule has 0 spiro atoms. The Hall–Kier alpha value is -2.49. The number of nitrogens with zero attached hydrogens (tertiary/aromatic N) is 2. The molecule has 0 amide bonds. The van der Waals surface area contributed by atoms with Gasteiger partial charge in [-0.3, -0.25) is 4.98 Å². The predicted molar refractivity (Wildman–Crippen MR) is 70.3 cm³/mol. The minimum atomic E-state index is -0.510. The van der Waals surface area contributed by atoms with Crippen LogP contribution in [0.25, 0.3) is 10.9 Å².